The number of piperazine rings is 1. The fourth-order valence-electron chi connectivity index (χ4n) is 2.99. The van der Waals surface area contributed by atoms with Crippen LogP contribution in [0.5, 0.6) is 0 Å². The molecule has 1 fully saturated rings. The van der Waals surface area contributed by atoms with E-state index in [9.17, 15) is 8.42 Å². The fourth-order valence-corrected chi connectivity index (χ4v) is 5.24. The molecule has 0 radical (unpaired) electrons. The minimum absolute atomic E-state index is 0.135. The van der Waals surface area contributed by atoms with Crippen molar-refractivity contribution in [2.45, 2.75) is 18.4 Å². The van der Waals surface area contributed by atoms with E-state index in [1.165, 1.54) is 21.4 Å². The number of rotatable bonds is 4. The van der Waals surface area contributed by atoms with Crippen LogP contribution in [0.4, 0.5) is 5.82 Å². The molecule has 0 unspecified atom stereocenters. The van der Waals surface area contributed by atoms with E-state index < -0.39 is 10.0 Å². The van der Waals surface area contributed by atoms with Crippen molar-refractivity contribution >= 4 is 37.4 Å². The summed E-state index contributed by atoms with van der Waals surface area (Å²) in [5, 5.41) is 7.46. The third kappa shape index (κ3) is 2.90. The first kappa shape index (κ1) is 16.4. The molecule has 8 nitrogen and oxygen atoms in total. The molecule has 1 aliphatic rings. The van der Waals surface area contributed by atoms with Crippen LogP contribution in [-0.2, 0) is 16.4 Å². The topological polar surface area (TPSA) is 95.1 Å². The van der Waals surface area contributed by atoms with Gasteiger partial charge < -0.3 is 4.90 Å². The number of nitrogens with one attached hydrogen (secondary N) is 1. The van der Waals surface area contributed by atoms with Gasteiger partial charge in [0, 0.05) is 31.1 Å². The third-order valence-corrected chi connectivity index (χ3v) is 7.35. The van der Waals surface area contributed by atoms with E-state index in [0.29, 0.717) is 26.2 Å². The van der Waals surface area contributed by atoms with Crippen molar-refractivity contribution in [3.05, 3.63) is 29.5 Å². The maximum atomic E-state index is 12.6. The van der Waals surface area contributed by atoms with Gasteiger partial charge in [-0.25, -0.2) is 18.4 Å². The summed E-state index contributed by atoms with van der Waals surface area (Å²) in [5.41, 5.74) is 0. The van der Waals surface area contributed by atoms with Crippen LogP contribution in [0.3, 0.4) is 0 Å². The molecule has 132 valence electrons. The van der Waals surface area contributed by atoms with E-state index in [0.717, 1.165) is 22.5 Å². The summed E-state index contributed by atoms with van der Waals surface area (Å²) in [6.45, 7) is 4.14. The Morgan fingerprint density at radius 2 is 2.04 bits per heavy atom. The maximum absolute atomic E-state index is 12.6. The number of nitrogens with zero attached hydrogens (tertiary/aromatic N) is 5. The molecule has 1 saturated heterocycles. The molecular formula is C15H18N6O2S2. The van der Waals surface area contributed by atoms with Crippen molar-refractivity contribution in [2.24, 2.45) is 0 Å². The molecule has 0 aromatic carbocycles. The third-order valence-electron chi connectivity index (χ3n) is 4.34. The average Bonchev–Trinajstić information content (AvgIpc) is 3.31. The van der Waals surface area contributed by atoms with Crippen molar-refractivity contribution < 1.29 is 8.42 Å². The maximum Gasteiger partial charge on any atom is 0.260 e. The fraction of sp³-hybridized carbons (Fsp3) is 0.400. The molecule has 3 aromatic rings. The highest BCUT2D eigenvalue weighted by Gasteiger charge is 2.30. The van der Waals surface area contributed by atoms with E-state index in [1.807, 2.05) is 0 Å². The lowest BCUT2D eigenvalue weighted by atomic mass is 10.2. The van der Waals surface area contributed by atoms with Gasteiger partial charge in [-0.15, -0.1) is 11.3 Å². The van der Waals surface area contributed by atoms with E-state index in [1.54, 1.807) is 17.7 Å². The van der Waals surface area contributed by atoms with Crippen LogP contribution in [0.15, 0.2) is 29.7 Å². The van der Waals surface area contributed by atoms with Gasteiger partial charge in [-0.3, -0.25) is 5.10 Å². The Balaban J connectivity index is 1.56. The molecule has 4 rings (SSSR count). The second kappa shape index (κ2) is 6.36. The summed E-state index contributed by atoms with van der Waals surface area (Å²) in [4.78, 5) is 13.2. The molecule has 4 heterocycles. The molecule has 10 heteroatoms. The number of hydrogen-bond donors (Lipinski definition) is 1. The van der Waals surface area contributed by atoms with Gasteiger partial charge in [-0.05, 0) is 18.6 Å². The Kier molecular flexibility index (Phi) is 4.18. The minimum Gasteiger partial charge on any atom is -0.353 e. The van der Waals surface area contributed by atoms with Gasteiger partial charge in [0.15, 0.2) is 5.03 Å². The number of sulfonamides is 1. The molecule has 1 N–H and O–H groups in total. The van der Waals surface area contributed by atoms with E-state index in [-0.39, 0.29) is 5.03 Å². The van der Waals surface area contributed by atoms with Crippen LogP contribution in [-0.4, -0.2) is 59.1 Å². The number of fused-ring (bicyclic) bond motifs is 1. The van der Waals surface area contributed by atoms with Crippen molar-refractivity contribution in [1.29, 1.82) is 0 Å². The number of H-pyrrole nitrogens is 1. The zero-order valence-corrected chi connectivity index (χ0v) is 15.3. The molecule has 0 amide bonds. The lowest BCUT2D eigenvalue weighted by Crippen LogP contribution is -2.49. The van der Waals surface area contributed by atoms with Crippen LogP contribution >= 0.6 is 11.3 Å². The van der Waals surface area contributed by atoms with Gasteiger partial charge >= 0.3 is 0 Å². The lowest BCUT2D eigenvalue weighted by molar-refractivity contribution is 0.382. The molecule has 0 atom stereocenters. The highest BCUT2D eigenvalue weighted by molar-refractivity contribution is 7.89. The molecule has 0 bridgehead atoms. The predicted octanol–water partition coefficient (Wildman–Crippen LogP) is 1.49. The van der Waals surface area contributed by atoms with Crippen LogP contribution in [0, 0.1) is 0 Å². The molecule has 0 aliphatic carbocycles. The summed E-state index contributed by atoms with van der Waals surface area (Å²) < 4.78 is 26.6. The second-order valence-corrected chi connectivity index (χ2v) is 8.82. The van der Waals surface area contributed by atoms with Crippen molar-refractivity contribution in [2.75, 3.05) is 31.1 Å². The normalized spacial score (nSPS) is 16.6. The predicted molar refractivity (Wildman–Crippen MR) is 96.4 cm³/mol. The molecule has 1 aliphatic heterocycles. The second-order valence-electron chi connectivity index (χ2n) is 5.79. The summed E-state index contributed by atoms with van der Waals surface area (Å²) in [7, 11) is -3.51. The number of thiophene rings is 1. The van der Waals surface area contributed by atoms with Crippen molar-refractivity contribution in [3.63, 3.8) is 0 Å². The SMILES string of the molecule is CCc1cc2c(N3CCN(S(=O)(=O)c4ccn[nH]4)CC3)ncnc2s1. The summed E-state index contributed by atoms with van der Waals surface area (Å²) >= 11 is 1.68. The Bertz CT molecular complexity index is 975. The first-order valence-electron chi connectivity index (χ1n) is 8.07. The van der Waals surface area contributed by atoms with Crippen molar-refractivity contribution in [3.8, 4) is 0 Å². The van der Waals surface area contributed by atoms with Crippen LogP contribution < -0.4 is 4.90 Å². The Morgan fingerprint density at radius 1 is 1.24 bits per heavy atom. The van der Waals surface area contributed by atoms with E-state index in [4.69, 9.17) is 0 Å². The Labute approximate surface area is 149 Å². The highest BCUT2D eigenvalue weighted by atomic mass is 32.2. The monoisotopic (exact) mass is 378 g/mol. The minimum atomic E-state index is -3.51. The molecule has 0 saturated carbocycles. The largest absolute Gasteiger partial charge is 0.353 e. The Morgan fingerprint density at radius 3 is 2.72 bits per heavy atom. The van der Waals surface area contributed by atoms with E-state index in [2.05, 4.69) is 38.1 Å². The van der Waals surface area contributed by atoms with Crippen LogP contribution in [0.1, 0.15) is 11.8 Å². The zero-order valence-electron chi connectivity index (χ0n) is 13.7. The quantitative estimate of drug-likeness (QED) is 0.739. The molecular weight excluding hydrogens is 360 g/mol. The Hall–Kier alpha value is -2.04. The smallest absolute Gasteiger partial charge is 0.260 e. The number of aromatic amines is 1. The van der Waals surface area contributed by atoms with Gasteiger partial charge in [-0.2, -0.15) is 9.40 Å². The summed E-state index contributed by atoms with van der Waals surface area (Å²) in [6, 6.07) is 3.62. The lowest BCUT2D eigenvalue weighted by Gasteiger charge is -2.34. The van der Waals surface area contributed by atoms with Gasteiger partial charge in [-0.1, -0.05) is 6.92 Å². The van der Waals surface area contributed by atoms with Crippen molar-refractivity contribution in [1.82, 2.24) is 24.5 Å². The molecule has 0 spiro atoms. The number of anilines is 1. The zero-order chi connectivity index (χ0) is 17.4. The molecule has 25 heavy (non-hydrogen) atoms. The number of aromatic nitrogens is 4. The number of hydrogen-bond acceptors (Lipinski definition) is 7. The first-order valence-corrected chi connectivity index (χ1v) is 10.3. The van der Waals surface area contributed by atoms with Gasteiger partial charge in [0.1, 0.15) is 17.0 Å². The van der Waals surface area contributed by atoms with Gasteiger partial charge in [0.05, 0.1) is 11.6 Å². The number of aryl methyl sites for hydroxylation is 1. The standard InChI is InChI=1S/C15H18N6O2S2/c1-2-11-9-12-14(16-10-17-15(12)24-11)20-5-7-21(8-6-20)25(22,23)13-3-4-18-19-13/h3-4,9-10H,2,5-8H2,1H3,(H,18,19). The molecule has 3 aromatic heterocycles. The van der Waals surface area contributed by atoms with Crippen LogP contribution in [0.25, 0.3) is 10.2 Å². The van der Waals surface area contributed by atoms with Gasteiger partial charge in [0.25, 0.3) is 10.0 Å². The first-order chi connectivity index (χ1) is 12.1. The van der Waals surface area contributed by atoms with E-state index >= 15 is 0 Å². The van der Waals surface area contributed by atoms with Crippen LogP contribution in [0.2, 0.25) is 0 Å². The van der Waals surface area contributed by atoms with Gasteiger partial charge in [0.2, 0.25) is 0 Å². The summed E-state index contributed by atoms with van der Waals surface area (Å²) in [5.74, 6) is 0.888. The highest BCUT2D eigenvalue weighted by Crippen LogP contribution is 2.31. The summed E-state index contributed by atoms with van der Waals surface area (Å²) in [6.07, 6.45) is 4.00. The average molecular weight is 378 g/mol.